The summed E-state index contributed by atoms with van der Waals surface area (Å²) in [5.74, 6) is 0.766. The standard InChI is InChI=1S/C27H40N4O3S/c1-19-10-8-9-11-23(19)35(33,34)30-24-16-20(14-15-27(24,5)6)21-12-13-22(25(28-7)29-21)31(18-32)17-26(2,3)4/h8-13,18,20,24,30H,14-17H2,1-7H3,(H,28,29). The molecular formula is C27H40N4O3S. The van der Waals surface area contributed by atoms with Crippen LogP contribution in [-0.4, -0.2) is 39.4 Å². The maximum atomic E-state index is 13.2. The number of benzene rings is 1. The lowest BCUT2D eigenvalue weighted by Crippen LogP contribution is -2.48. The topological polar surface area (TPSA) is 91.4 Å². The Morgan fingerprint density at radius 2 is 1.86 bits per heavy atom. The molecule has 0 radical (unpaired) electrons. The fourth-order valence-corrected chi connectivity index (χ4v) is 6.49. The molecule has 192 valence electrons. The van der Waals surface area contributed by atoms with Crippen LogP contribution in [0.25, 0.3) is 0 Å². The van der Waals surface area contributed by atoms with E-state index in [-0.39, 0.29) is 22.8 Å². The first-order valence-electron chi connectivity index (χ1n) is 12.3. The Balaban J connectivity index is 1.87. The second-order valence-electron chi connectivity index (χ2n) is 11.5. The fraction of sp³-hybridized carbons (Fsp3) is 0.556. The Hall–Kier alpha value is -2.45. The van der Waals surface area contributed by atoms with Crippen molar-refractivity contribution in [2.24, 2.45) is 10.8 Å². The summed E-state index contributed by atoms with van der Waals surface area (Å²) < 4.78 is 29.5. The van der Waals surface area contributed by atoms with Gasteiger partial charge in [-0.2, -0.15) is 0 Å². The van der Waals surface area contributed by atoms with E-state index < -0.39 is 10.0 Å². The third-order valence-electron chi connectivity index (χ3n) is 6.91. The molecule has 1 heterocycles. The molecule has 2 N–H and O–H groups in total. The van der Waals surface area contributed by atoms with Crippen molar-refractivity contribution in [3.63, 3.8) is 0 Å². The SMILES string of the molecule is CNc1nc(C2CCC(C)(C)C(NS(=O)(=O)c3ccccc3C)C2)ccc1N(C=O)CC(C)(C)C. The van der Waals surface area contributed by atoms with Crippen LogP contribution in [0.3, 0.4) is 0 Å². The molecule has 2 atom stereocenters. The predicted molar refractivity (Wildman–Crippen MR) is 142 cm³/mol. The van der Waals surface area contributed by atoms with Crippen LogP contribution in [0.5, 0.6) is 0 Å². The monoisotopic (exact) mass is 500 g/mol. The Bertz CT molecular complexity index is 1160. The minimum atomic E-state index is -3.65. The van der Waals surface area contributed by atoms with Crippen LogP contribution in [0.1, 0.15) is 71.1 Å². The summed E-state index contributed by atoms with van der Waals surface area (Å²) >= 11 is 0. The van der Waals surface area contributed by atoms with Gasteiger partial charge >= 0.3 is 0 Å². The Morgan fingerprint density at radius 1 is 1.17 bits per heavy atom. The number of anilines is 2. The average molecular weight is 501 g/mol. The second kappa shape index (κ2) is 10.3. The van der Waals surface area contributed by atoms with E-state index in [0.717, 1.165) is 36.2 Å². The van der Waals surface area contributed by atoms with Crippen molar-refractivity contribution in [1.29, 1.82) is 0 Å². The van der Waals surface area contributed by atoms with E-state index in [2.05, 4.69) is 44.7 Å². The van der Waals surface area contributed by atoms with Gasteiger partial charge in [-0.1, -0.05) is 52.8 Å². The number of aryl methyl sites for hydroxylation is 1. The first-order chi connectivity index (χ1) is 16.3. The number of sulfonamides is 1. The van der Waals surface area contributed by atoms with Gasteiger partial charge in [-0.05, 0) is 60.8 Å². The van der Waals surface area contributed by atoms with Crippen LogP contribution in [-0.2, 0) is 14.8 Å². The van der Waals surface area contributed by atoms with Crippen molar-refractivity contribution in [1.82, 2.24) is 9.71 Å². The zero-order valence-corrected chi connectivity index (χ0v) is 22.9. The molecule has 7 nitrogen and oxygen atoms in total. The number of rotatable bonds is 8. The summed E-state index contributed by atoms with van der Waals surface area (Å²) in [6.45, 7) is 12.9. The van der Waals surface area contributed by atoms with Crippen molar-refractivity contribution in [3.05, 3.63) is 47.7 Å². The number of hydrogen-bond donors (Lipinski definition) is 2. The fourth-order valence-electron chi connectivity index (χ4n) is 4.83. The van der Waals surface area contributed by atoms with Crippen molar-refractivity contribution in [2.75, 3.05) is 23.8 Å². The van der Waals surface area contributed by atoms with Crippen LogP contribution >= 0.6 is 0 Å². The van der Waals surface area contributed by atoms with Crippen LogP contribution in [0.15, 0.2) is 41.3 Å². The van der Waals surface area contributed by atoms with E-state index in [1.54, 1.807) is 24.1 Å². The lowest BCUT2D eigenvalue weighted by molar-refractivity contribution is -0.107. The molecule has 0 aliphatic heterocycles. The summed E-state index contributed by atoms with van der Waals surface area (Å²) in [7, 11) is -1.84. The van der Waals surface area contributed by atoms with E-state index in [4.69, 9.17) is 4.98 Å². The van der Waals surface area contributed by atoms with E-state index >= 15 is 0 Å². The molecule has 8 heteroatoms. The molecule has 0 saturated heterocycles. The molecule has 0 spiro atoms. The van der Waals surface area contributed by atoms with E-state index in [0.29, 0.717) is 23.7 Å². The van der Waals surface area contributed by atoms with Gasteiger partial charge in [0.25, 0.3) is 0 Å². The van der Waals surface area contributed by atoms with E-state index in [1.165, 1.54) is 0 Å². The smallest absolute Gasteiger partial charge is 0.241 e. The van der Waals surface area contributed by atoms with Crippen LogP contribution in [0, 0.1) is 17.8 Å². The summed E-state index contributed by atoms with van der Waals surface area (Å²) in [6.07, 6.45) is 3.31. The molecule has 1 saturated carbocycles. The molecule has 1 aliphatic rings. The summed E-state index contributed by atoms with van der Waals surface area (Å²) in [6, 6.07) is 10.8. The van der Waals surface area contributed by atoms with Gasteiger partial charge in [0, 0.05) is 31.2 Å². The summed E-state index contributed by atoms with van der Waals surface area (Å²) in [5, 5.41) is 3.15. The Morgan fingerprint density at radius 3 is 2.46 bits per heavy atom. The molecule has 2 unspecified atom stereocenters. The largest absolute Gasteiger partial charge is 0.371 e. The first kappa shape index (κ1) is 27.1. The number of aromatic nitrogens is 1. The van der Waals surface area contributed by atoms with Gasteiger partial charge in [-0.15, -0.1) is 0 Å². The van der Waals surface area contributed by atoms with Crippen LogP contribution in [0.4, 0.5) is 11.5 Å². The molecule has 0 bridgehead atoms. The van der Waals surface area contributed by atoms with Crippen LogP contribution < -0.4 is 14.9 Å². The maximum Gasteiger partial charge on any atom is 0.241 e. The van der Waals surface area contributed by atoms with Crippen molar-refractivity contribution >= 4 is 27.9 Å². The zero-order valence-electron chi connectivity index (χ0n) is 22.1. The average Bonchev–Trinajstić information content (AvgIpc) is 2.78. The quantitative estimate of drug-likeness (QED) is 0.493. The predicted octanol–water partition coefficient (Wildman–Crippen LogP) is 5.08. The lowest BCUT2D eigenvalue weighted by Gasteiger charge is -2.42. The van der Waals surface area contributed by atoms with Gasteiger partial charge in [-0.3, -0.25) is 4.79 Å². The Labute approximate surface area is 210 Å². The number of nitrogens with zero attached hydrogens (tertiary/aromatic N) is 2. The molecule has 3 rings (SSSR count). The number of carbonyl (C=O) groups is 1. The van der Waals surface area contributed by atoms with E-state index in [1.807, 2.05) is 31.2 Å². The highest BCUT2D eigenvalue weighted by Gasteiger charge is 2.40. The normalized spacial score (nSPS) is 20.3. The third kappa shape index (κ3) is 6.41. The van der Waals surface area contributed by atoms with Gasteiger partial charge in [-0.25, -0.2) is 18.1 Å². The molecule has 1 fully saturated rings. The highest BCUT2D eigenvalue weighted by atomic mass is 32.2. The maximum absolute atomic E-state index is 13.2. The minimum absolute atomic E-state index is 0.0545. The summed E-state index contributed by atoms with van der Waals surface area (Å²) in [5.41, 5.74) is 2.15. The highest BCUT2D eigenvalue weighted by Crippen LogP contribution is 2.43. The van der Waals surface area contributed by atoms with Crippen molar-refractivity contribution in [2.45, 2.75) is 77.7 Å². The zero-order chi connectivity index (χ0) is 26.0. The molecule has 1 amide bonds. The second-order valence-corrected chi connectivity index (χ2v) is 13.2. The van der Waals surface area contributed by atoms with Crippen molar-refractivity contribution in [3.8, 4) is 0 Å². The van der Waals surface area contributed by atoms with Gasteiger partial charge in [0.2, 0.25) is 16.4 Å². The third-order valence-corrected chi connectivity index (χ3v) is 8.55. The number of amides is 1. The number of carbonyl (C=O) groups excluding carboxylic acids is 1. The van der Waals surface area contributed by atoms with Gasteiger partial charge in [0.15, 0.2) is 0 Å². The number of nitrogens with one attached hydrogen (secondary N) is 2. The highest BCUT2D eigenvalue weighted by molar-refractivity contribution is 7.89. The van der Waals surface area contributed by atoms with Crippen LogP contribution in [0.2, 0.25) is 0 Å². The molecule has 1 aliphatic carbocycles. The summed E-state index contributed by atoms with van der Waals surface area (Å²) in [4.78, 5) is 18.7. The molecule has 1 aromatic carbocycles. The molecule has 35 heavy (non-hydrogen) atoms. The van der Waals surface area contributed by atoms with Crippen molar-refractivity contribution < 1.29 is 13.2 Å². The van der Waals surface area contributed by atoms with E-state index in [9.17, 15) is 13.2 Å². The molecular weight excluding hydrogens is 460 g/mol. The van der Waals surface area contributed by atoms with Gasteiger partial charge in [0.1, 0.15) is 5.82 Å². The first-order valence-corrected chi connectivity index (χ1v) is 13.7. The van der Waals surface area contributed by atoms with Gasteiger partial charge < -0.3 is 10.2 Å². The molecule has 1 aromatic heterocycles. The minimum Gasteiger partial charge on any atom is -0.371 e. The Kier molecular flexibility index (Phi) is 7.96. The number of pyridine rings is 1. The lowest BCUT2D eigenvalue weighted by atomic mass is 9.69. The number of hydrogen-bond acceptors (Lipinski definition) is 5. The van der Waals surface area contributed by atoms with Gasteiger partial charge in [0.05, 0.1) is 10.6 Å². The molecule has 2 aromatic rings.